The van der Waals surface area contributed by atoms with Crippen LogP contribution in [-0.4, -0.2) is 16.3 Å². The Morgan fingerprint density at radius 1 is 0.909 bits per heavy atom. The summed E-state index contributed by atoms with van der Waals surface area (Å²) in [5.74, 6) is -1.88. The van der Waals surface area contributed by atoms with Crippen molar-refractivity contribution in [3.63, 3.8) is 0 Å². The molecule has 0 spiro atoms. The molecule has 0 saturated carbocycles. The maximum Gasteiger partial charge on any atom is 0.244 e. The van der Waals surface area contributed by atoms with Crippen molar-refractivity contribution in [1.82, 2.24) is 4.57 Å². The van der Waals surface area contributed by atoms with Crippen molar-refractivity contribution in [3.8, 4) is 0 Å². The fourth-order valence-electron chi connectivity index (χ4n) is 3.60. The van der Waals surface area contributed by atoms with E-state index in [-0.39, 0.29) is 17.7 Å². The molecule has 0 atom stereocenters. The molecule has 0 saturated heterocycles. The summed E-state index contributed by atoms with van der Waals surface area (Å²) in [7, 11) is 0. The zero-order valence-corrected chi connectivity index (χ0v) is 17.8. The van der Waals surface area contributed by atoms with E-state index in [1.807, 2.05) is 13.0 Å². The van der Waals surface area contributed by atoms with Crippen LogP contribution in [0.25, 0.3) is 10.9 Å². The smallest absolute Gasteiger partial charge is 0.244 e. The summed E-state index contributed by atoms with van der Waals surface area (Å²) < 4.78 is 28.0. The number of pyridine rings is 1. The number of aryl methyl sites for hydroxylation is 1. The summed E-state index contributed by atoms with van der Waals surface area (Å²) in [6.45, 7) is 1.77. The molecule has 0 aliphatic carbocycles. The van der Waals surface area contributed by atoms with Gasteiger partial charge in [0.05, 0.1) is 11.1 Å². The summed E-state index contributed by atoms with van der Waals surface area (Å²) in [6.07, 6.45) is 2.04. The fourth-order valence-corrected chi connectivity index (χ4v) is 3.60. The molecule has 0 radical (unpaired) electrons. The second-order valence-corrected chi connectivity index (χ2v) is 7.60. The number of anilines is 1. The summed E-state index contributed by atoms with van der Waals surface area (Å²) in [5, 5.41) is 2.99. The number of ketones is 1. The topological polar surface area (TPSA) is 68.2 Å². The van der Waals surface area contributed by atoms with Crippen LogP contribution < -0.4 is 10.7 Å². The number of rotatable bonds is 6. The SMILES string of the molecule is CCc1ccc2c(c1)c(=O)c(C(=O)c1ccc(F)cc1)cn2CC(=O)Nc1ccc(F)cc1. The van der Waals surface area contributed by atoms with Gasteiger partial charge in [-0.25, -0.2) is 8.78 Å². The van der Waals surface area contributed by atoms with Gasteiger partial charge in [-0.05, 0) is 72.6 Å². The zero-order valence-electron chi connectivity index (χ0n) is 17.8. The van der Waals surface area contributed by atoms with Gasteiger partial charge in [-0.2, -0.15) is 0 Å². The Labute approximate surface area is 188 Å². The summed E-state index contributed by atoms with van der Waals surface area (Å²) >= 11 is 0. The van der Waals surface area contributed by atoms with Crippen LogP contribution in [0.4, 0.5) is 14.5 Å². The Kier molecular flexibility index (Phi) is 6.13. The summed E-state index contributed by atoms with van der Waals surface area (Å²) in [4.78, 5) is 38.9. The second-order valence-electron chi connectivity index (χ2n) is 7.60. The number of halogens is 2. The van der Waals surface area contributed by atoms with Crippen LogP contribution in [0.15, 0.2) is 77.7 Å². The molecule has 7 heteroatoms. The molecule has 166 valence electrons. The molecule has 1 heterocycles. The minimum absolute atomic E-state index is 0.114. The first-order valence-electron chi connectivity index (χ1n) is 10.4. The lowest BCUT2D eigenvalue weighted by atomic mass is 10.0. The molecular formula is C26H20F2N2O3. The van der Waals surface area contributed by atoms with Gasteiger partial charge in [0.1, 0.15) is 18.2 Å². The van der Waals surface area contributed by atoms with E-state index < -0.39 is 28.8 Å². The highest BCUT2D eigenvalue weighted by atomic mass is 19.1. The van der Waals surface area contributed by atoms with E-state index in [0.29, 0.717) is 23.0 Å². The van der Waals surface area contributed by atoms with Gasteiger partial charge in [0.15, 0.2) is 5.78 Å². The van der Waals surface area contributed by atoms with Gasteiger partial charge in [-0.15, -0.1) is 0 Å². The van der Waals surface area contributed by atoms with E-state index in [1.165, 1.54) is 47.2 Å². The van der Waals surface area contributed by atoms with E-state index in [4.69, 9.17) is 0 Å². The minimum atomic E-state index is -0.559. The molecule has 5 nitrogen and oxygen atoms in total. The number of nitrogens with one attached hydrogen (secondary N) is 1. The van der Waals surface area contributed by atoms with Gasteiger partial charge >= 0.3 is 0 Å². The Balaban J connectivity index is 1.77. The van der Waals surface area contributed by atoms with Gasteiger partial charge in [-0.1, -0.05) is 13.0 Å². The Bertz CT molecular complexity index is 1410. The normalized spacial score (nSPS) is 10.9. The van der Waals surface area contributed by atoms with E-state index in [9.17, 15) is 23.2 Å². The molecule has 0 unspecified atom stereocenters. The Morgan fingerprint density at radius 3 is 2.18 bits per heavy atom. The highest BCUT2D eigenvalue weighted by Crippen LogP contribution is 2.18. The number of aromatic nitrogens is 1. The van der Waals surface area contributed by atoms with Crippen LogP contribution in [0, 0.1) is 11.6 Å². The number of fused-ring (bicyclic) bond motifs is 1. The molecule has 0 bridgehead atoms. The van der Waals surface area contributed by atoms with E-state index in [0.717, 1.165) is 17.7 Å². The van der Waals surface area contributed by atoms with Crippen LogP contribution in [0.2, 0.25) is 0 Å². The maximum atomic E-state index is 13.3. The van der Waals surface area contributed by atoms with Crippen molar-refractivity contribution in [2.24, 2.45) is 0 Å². The third kappa shape index (κ3) is 4.72. The average Bonchev–Trinajstić information content (AvgIpc) is 2.82. The van der Waals surface area contributed by atoms with Crippen LogP contribution >= 0.6 is 0 Å². The van der Waals surface area contributed by atoms with Crippen LogP contribution in [-0.2, 0) is 17.8 Å². The molecule has 0 aliphatic rings. The first-order valence-corrected chi connectivity index (χ1v) is 10.4. The molecule has 33 heavy (non-hydrogen) atoms. The van der Waals surface area contributed by atoms with Crippen molar-refractivity contribution in [1.29, 1.82) is 0 Å². The number of carbonyl (C=O) groups is 2. The molecular weight excluding hydrogens is 426 g/mol. The summed E-state index contributed by atoms with van der Waals surface area (Å²) in [5.41, 5.74) is 1.43. The predicted molar refractivity (Wildman–Crippen MR) is 122 cm³/mol. The first kappa shape index (κ1) is 22.1. The molecule has 4 rings (SSSR count). The van der Waals surface area contributed by atoms with Gasteiger partial charge in [-0.3, -0.25) is 14.4 Å². The van der Waals surface area contributed by atoms with Gasteiger partial charge in [0, 0.05) is 22.8 Å². The number of hydrogen-bond donors (Lipinski definition) is 1. The van der Waals surface area contributed by atoms with Crippen molar-refractivity contribution in [2.45, 2.75) is 19.9 Å². The van der Waals surface area contributed by atoms with Crippen molar-refractivity contribution < 1.29 is 18.4 Å². The average molecular weight is 446 g/mol. The molecule has 1 amide bonds. The maximum absolute atomic E-state index is 13.3. The molecule has 0 fully saturated rings. The van der Waals surface area contributed by atoms with Gasteiger partial charge < -0.3 is 9.88 Å². The molecule has 1 aromatic heterocycles. The van der Waals surface area contributed by atoms with Gasteiger partial charge in [0.25, 0.3) is 0 Å². The van der Waals surface area contributed by atoms with E-state index >= 15 is 0 Å². The van der Waals surface area contributed by atoms with Crippen LogP contribution in [0.5, 0.6) is 0 Å². The lowest BCUT2D eigenvalue weighted by Gasteiger charge is -2.14. The first-order chi connectivity index (χ1) is 15.9. The minimum Gasteiger partial charge on any atom is -0.337 e. The highest BCUT2D eigenvalue weighted by molar-refractivity contribution is 6.10. The van der Waals surface area contributed by atoms with E-state index in [1.54, 1.807) is 12.1 Å². The third-order valence-electron chi connectivity index (χ3n) is 5.35. The van der Waals surface area contributed by atoms with E-state index in [2.05, 4.69) is 5.32 Å². The lowest BCUT2D eigenvalue weighted by Crippen LogP contribution is -2.24. The van der Waals surface area contributed by atoms with Crippen LogP contribution in [0.3, 0.4) is 0 Å². The highest BCUT2D eigenvalue weighted by Gasteiger charge is 2.19. The number of carbonyl (C=O) groups excluding carboxylic acids is 2. The Morgan fingerprint density at radius 2 is 1.55 bits per heavy atom. The van der Waals surface area contributed by atoms with Crippen molar-refractivity contribution in [3.05, 3.63) is 111 Å². The second kappa shape index (κ2) is 9.16. The fraction of sp³-hybridized carbons (Fsp3) is 0.115. The quantitative estimate of drug-likeness (QED) is 0.436. The van der Waals surface area contributed by atoms with Crippen molar-refractivity contribution in [2.75, 3.05) is 5.32 Å². The zero-order chi connectivity index (χ0) is 23.5. The number of hydrogen-bond acceptors (Lipinski definition) is 3. The molecule has 4 aromatic rings. The van der Waals surface area contributed by atoms with Crippen LogP contribution in [0.1, 0.15) is 28.4 Å². The van der Waals surface area contributed by atoms with Crippen molar-refractivity contribution >= 4 is 28.3 Å². The molecule has 1 N–H and O–H groups in total. The third-order valence-corrected chi connectivity index (χ3v) is 5.35. The monoisotopic (exact) mass is 446 g/mol. The number of benzene rings is 3. The standard InChI is InChI=1S/C26H20F2N2O3/c1-2-16-3-12-23-21(13-16)26(33)22(25(32)17-4-6-18(27)7-5-17)14-30(23)15-24(31)29-20-10-8-19(28)9-11-20/h3-14H,2,15H2,1H3,(H,29,31). The van der Waals surface area contributed by atoms with Gasteiger partial charge in [0.2, 0.25) is 11.3 Å². The predicted octanol–water partition coefficient (Wildman–Crippen LogP) is 4.71. The molecule has 0 aliphatic heterocycles. The molecule has 3 aromatic carbocycles. The lowest BCUT2D eigenvalue weighted by molar-refractivity contribution is -0.116. The largest absolute Gasteiger partial charge is 0.337 e. The number of nitrogens with zero attached hydrogens (tertiary/aromatic N) is 1. The Hall–Kier alpha value is -4.13. The number of amides is 1. The summed E-state index contributed by atoms with van der Waals surface area (Å²) in [6, 6.07) is 15.6.